The van der Waals surface area contributed by atoms with Crippen LogP contribution < -0.4 is 14.5 Å². The lowest BCUT2D eigenvalue weighted by molar-refractivity contribution is -0.125. The molecule has 0 bridgehead atoms. The number of nitrogens with zero attached hydrogens (tertiary/aromatic N) is 3. The Balaban J connectivity index is 1.62. The number of hydrogen-bond acceptors (Lipinski definition) is 6. The Labute approximate surface area is 269 Å². The van der Waals surface area contributed by atoms with Crippen molar-refractivity contribution in [3.05, 3.63) is 87.2 Å². The van der Waals surface area contributed by atoms with Crippen molar-refractivity contribution >= 4 is 52.4 Å². The van der Waals surface area contributed by atoms with Gasteiger partial charge in [0.2, 0.25) is 11.8 Å². The number of amides is 2. The fourth-order valence-electron chi connectivity index (χ4n) is 7.52. The van der Waals surface area contributed by atoms with Gasteiger partial charge < -0.3 is 14.9 Å². The molecule has 2 amide bonds. The molecule has 3 aromatic rings. The summed E-state index contributed by atoms with van der Waals surface area (Å²) in [5.74, 6) is -3.74. The third kappa shape index (κ3) is 4.61. The van der Waals surface area contributed by atoms with E-state index in [0.717, 1.165) is 0 Å². The Bertz CT molecular complexity index is 1750. The molecule has 45 heavy (non-hydrogen) atoms. The molecule has 2 N–H and O–H groups in total. The van der Waals surface area contributed by atoms with E-state index in [1.165, 1.54) is 41.2 Å². The molecule has 1 spiro atoms. The Morgan fingerprint density at radius 2 is 1.84 bits per heavy atom. The lowest BCUT2D eigenvalue weighted by Gasteiger charge is -2.41. The molecule has 3 aromatic carbocycles. The number of benzene rings is 3. The van der Waals surface area contributed by atoms with Crippen LogP contribution in [0, 0.1) is 11.2 Å². The molecule has 3 aliphatic heterocycles. The number of carboxylic acid groups (broad SMARTS) is 1. The number of aliphatic hydroxyl groups excluding tert-OH is 1. The highest BCUT2D eigenvalue weighted by atomic mass is 35.5. The number of fused-ring (bicyclic) bond motifs is 3. The number of ether oxygens (including phenoxy) is 1. The highest BCUT2D eigenvalue weighted by Crippen LogP contribution is 2.63. The van der Waals surface area contributed by atoms with E-state index in [0.29, 0.717) is 28.4 Å². The highest BCUT2D eigenvalue weighted by Gasteiger charge is 2.72. The third-order valence-electron chi connectivity index (χ3n) is 9.20. The molecule has 6 rings (SSSR count). The first kappa shape index (κ1) is 31.3. The monoisotopic (exact) mass is 655 g/mol. The lowest BCUT2D eigenvalue weighted by atomic mass is 9.62. The topological polar surface area (TPSA) is 111 Å². The quantitative estimate of drug-likeness (QED) is 0.353. The van der Waals surface area contributed by atoms with Crippen molar-refractivity contribution < 1.29 is 33.7 Å². The lowest BCUT2D eigenvalue weighted by Crippen LogP contribution is -2.54. The van der Waals surface area contributed by atoms with Crippen molar-refractivity contribution in [3.8, 4) is 5.75 Å². The van der Waals surface area contributed by atoms with Crippen LogP contribution in [0.5, 0.6) is 5.75 Å². The summed E-state index contributed by atoms with van der Waals surface area (Å²) in [4.78, 5) is 45.9. The van der Waals surface area contributed by atoms with Gasteiger partial charge >= 0.3 is 5.97 Å². The van der Waals surface area contributed by atoms with E-state index in [-0.39, 0.29) is 34.0 Å². The van der Waals surface area contributed by atoms with Gasteiger partial charge in [0.1, 0.15) is 29.3 Å². The Kier molecular flexibility index (Phi) is 7.63. The second kappa shape index (κ2) is 11.0. The molecular formula is C33H32Cl2FN3O6. The molecule has 0 radical (unpaired) electrons. The maximum atomic E-state index is 16.2. The third-order valence-corrected chi connectivity index (χ3v) is 9.73. The largest absolute Gasteiger partial charge is 0.496 e. The van der Waals surface area contributed by atoms with Gasteiger partial charge in [0, 0.05) is 28.7 Å². The van der Waals surface area contributed by atoms with Gasteiger partial charge in [0.15, 0.2) is 0 Å². The molecule has 3 aliphatic rings. The van der Waals surface area contributed by atoms with E-state index < -0.39 is 53.7 Å². The molecule has 0 unspecified atom stereocenters. The second-order valence-corrected chi connectivity index (χ2v) is 13.7. The first-order chi connectivity index (χ1) is 21.3. The molecule has 3 heterocycles. The number of carbonyl (C=O) groups excluding carboxylic acids is 2. The molecule has 2 fully saturated rings. The van der Waals surface area contributed by atoms with E-state index in [2.05, 4.69) is 0 Å². The highest BCUT2D eigenvalue weighted by molar-refractivity contribution is 6.31. The van der Waals surface area contributed by atoms with Gasteiger partial charge in [-0.3, -0.25) is 24.3 Å². The van der Waals surface area contributed by atoms with Gasteiger partial charge in [0.25, 0.3) is 0 Å². The molecule has 0 saturated carbocycles. The van der Waals surface area contributed by atoms with Crippen LogP contribution >= 0.6 is 23.2 Å². The summed E-state index contributed by atoms with van der Waals surface area (Å²) in [6, 6.07) is 12.3. The van der Waals surface area contributed by atoms with E-state index in [4.69, 9.17) is 27.9 Å². The number of methoxy groups -OCH3 is 1. The average molecular weight is 657 g/mol. The minimum absolute atomic E-state index is 0.0373. The van der Waals surface area contributed by atoms with E-state index in [1.54, 1.807) is 30.3 Å². The van der Waals surface area contributed by atoms with Crippen molar-refractivity contribution in [2.24, 2.45) is 5.41 Å². The number of carboxylic acids is 1. The number of aliphatic hydroxyl groups is 1. The summed E-state index contributed by atoms with van der Waals surface area (Å²) in [6.07, 6.45) is 0.428. The zero-order chi connectivity index (χ0) is 32.6. The van der Waals surface area contributed by atoms with Gasteiger partial charge in [-0.2, -0.15) is 0 Å². The van der Waals surface area contributed by atoms with Crippen molar-refractivity contribution in [1.29, 1.82) is 0 Å². The Morgan fingerprint density at radius 1 is 1.11 bits per heavy atom. The van der Waals surface area contributed by atoms with Crippen LogP contribution in [0.1, 0.15) is 54.6 Å². The van der Waals surface area contributed by atoms with Gasteiger partial charge in [-0.05, 0) is 53.3 Å². The summed E-state index contributed by atoms with van der Waals surface area (Å²) in [6.45, 7) is 5.48. The normalized spacial score (nSPS) is 24.5. The van der Waals surface area contributed by atoms with Crippen LogP contribution in [0.25, 0.3) is 0 Å². The molecule has 0 aromatic heterocycles. The van der Waals surface area contributed by atoms with Gasteiger partial charge in [-0.1, -0.05) is 62.2 Å². The average Bonchev–Trinajstić information content (AvgIpc) is 3.54. The number of halogens is 3. The van der Waals surface area contributed by atoms with E-state index >= 15 is 4.39 Å². The predicted octanol–water partition coefficient (Wildman–Crippen LogP) is 5.65. The van der Waals surface area contributed by atoms with Gasteiger partial charge in [-0.25, -0.2) is 9.18 Å². The summed E-state index contributed by atoms with van der Waals surface area (Å²) < 4.78 is 21.5. The van der Waals surface area contributed by atoms with Crippen LogP contribution in [-0.4, -0.2) is 65.5 Å². The minimum atomic E-state index is -1.49. The molecule has 12 heteroatoms. The Morgan fingerprint density at radius 3 is 2.49 bits per heavy atom. The smallest absolute Gasteiger partial charge is 0.339 e. The zero-order valence-corrected chi connectivity index (χ0v) is 26.6. The van der Waals surface area contributed by atoms with Gasteiger partial charge in [0.05, 0.1) is 30.5 Å². The van der Waals surface area contributed by atoms with Crippen LogP contribution in [-0.2, 0) is 15.0 Å². The number of carbonyl (C=O) groups is 3. The molecule has 9 nitrogen and oxygen atoms in total. The maximum Gasteiger partial charge on any atom is 0.339 e. The maximum absolute atomic E-state index is 16.2. The SMILES string of the molecule is COc1cc(N2CN3[C@@H](CC(C)(C)C)[C@@]4(C(=O)N(CO)c5cc(Cl)ccc54)[C@@H](c4cccc(Cl)c4F)[C@@H]3C2=O)ccc1C(=O)O. The summed E-state index contributed by atoms with van der Waals surface area (Å²) in [5.41, 5.74) is -0.450. The standard InChI is InChI=1S/C33H32Cl2FN3O6/c1-32(2,3)14-25-33(21-11-8-17(34)12-23(21)39(16-40)31(33)44)26(20-6-5-7-22(35)27(20)36)28-29(41)37(15-38(25)28)18-9-10-19(30(42)43)24(13-18)45-4/h5-13,25-26,28,40H,14-16H2,1-4H3,(H,42,43)/t25-,26-,28+,33+/m0/s1. The number of aromatic carboxylic acids is 1. The van der Waals surface area contributed by atoms with Crippen LogP contribution in [0.3, 0.4) is 0 Å². The first-order valence-corrected chi connectivity index (χ1v) is 15.2. The Hall–Kier alpha value is -3.70. The van der Waals surface area contributed by atoms with E-state index in [9.17, 15) is 24.6 Å². The first-order valence-electron chi connectivity index (χ1n) is 14.4. The molecule has 2 saturated heterocycles. The molecule has 236 valence electrons. The predicted molar refractivity (Wildman–Crippen MR) is 168 cm³/mol. The zero-order valence-electron chi connectivity index (χ0n) is 25.1. The van der Waals surface area contributed by atoms with Crippen molar-refractivity contribution in [2.75, 3.05) is 30.3 Å². The van der Waals surface area contributed by atoms with Gasteiger partial charge in [-0.15, -0.1) is 0 Å². The van der Waals surface area contributed by atoms with Crippen LogP contribution in [0.2, 0.25) is 10.0 Å². The summed E-state index contributed by atoms with van der Waals surface area (Å²) >= 11 is 12.7. The second-order valence-electron chi connectivity index (χ2n) is 12.9. The number of rotatable bonds is 6. The summed E-state index contributed by atoms with van der Waals surface area (Å²) in [5, 5.41) is 20.3. The molecule has 4 atom stereocenters. The van der Waals surface area contributed by atoms with Crippen molar-refractivity contribution in [3.63, 3.8) is 0 Å². The van der Waals surface area contributed by atoms with Crippen LogP contribution in [0.15, 0.2) is 54.6 Å². The van der Waals surface area contributed by atoms with Crippen molar-refractivity contribution in [1.82, 2.24) is 4.90 Å². The van der Waals surface area contributed by atoms with Crippen molar-refractivity contribution in [2.45, 2.75) is 50.6 Å². The van der Waals surface area contributed by atoms with Crippen LogP contribution in [0.4, 0.5) is 15.8 Å². The fraction of sp³-hybridized carbons (Fsp3) is 0.364. The molecule has 0 aliphatic carbocycles. The molecular weight excluding hydrogens is 624 g/mol. The number of hydrogen-bond donors (Lipinski definition) is 2. The summed E-state index contributed by atoms with van der Waals surface area (Å²) in [7, 11) is 1.35. The van der Waals surface area contributed by atoms with E-state index in [1.807, 2.05) is 25.7 Å². The number of anilines is 2. The fourth-order valence-corrected chi connectivity index (χ4v) is 7.87. The minimum Gasteiger partial charge on any atom is -0.496 e.